The van der Waals surface area contributed by atoms with E-state index in [1.807, 2.05) is 78.8 Å². The van der Waals surface area contributed by atoms with E-state index in [-0.39, 0.29) is 0 Å². The minimum Gasteiger partial charge on any atom is -0.402 e. The third kappa shape index (κ3) is 8.74. The lowest BCUT2D eigenvalue weighted by molar-refractivity contribution is 1.31. The molecular weight excluding hydrogens is 256 g/mol. The number of nitrogen functional groups attached to an aromatic ring is 1. The van der Waals surface area contributed by atoms with Gasteiger partial charge in [-0.05, 0) is 49.6 Å². The monoisotopic (exact) mass is 288 g/mol. The molecule has 2 nitrogen and oxygen atoms in total. The summed E-state index contributed by atoms with van der Waals surface area (Å²) in [6.07, 6.45) is 3.93. The Balaban J connectivity index is 0. The van der Waals surface area contributed by atoms with Gasteiger partial charge < -0.3 is 11.5 Å². The van der Waals surface area contributed by atoms with Crippen LogP contribution in [0.2, 0.25) is 0 Å². The largest absolute Gasteiger partial charge is 0.402 e. The number of aryl methyl sites for hydroxylation is 1. The van der Waals surface area contributed by atoms with Gasteiger partial charge in [0.15, 0.2) is 0 Å². The highest BCUT2D eigenvalue weighted by atomic mass is 14.6. The number of anilines is 1. The Morgan fingerprint density at radius 1 is 1.05 bits per heavy atom. The van der Waals surface area contributed by atoms with Gasteiger partial charge in [0.25, 0.3) is 0 Å². The number of nitrogens with two attached hydrogens (primary N) is 2. The Morgan fingerprint density at radius 2 is 1.57 bits per heavy atom. The molecule has 0 unspecified atom stereocenters. The number of hydrogen-bond donors (Lipinski definition) is 2. The van der Waals surface area contributed by atoms with Gasteiger partial charge >= 0.3 is 0 Å². The van der Waals surface area contributed by atoms with Crippen LogP contribution in [-0.2, 0) is 0 Å². The molecule has 1 aromatic carbocycles. The highest BCUT2D eigenvalue weighted by molar-refractivity contribution is 5.78. The summed E-state index contributed by atoms with van der Waals surface area (Å²) in [5.41, 5.74) is 17.4. The van der Waals surface area contributed by atoms with Gasteiger partial charge in [-0.15, -0.1) is 0 Å². The van der Waals surface area contributed by atoms with Gasteiger partial charge in [-0.2, -0.15) is 0 Å². The quantitative estimate of drug-likeness (QED) is 0.574. The summed E-state index contributed by atoms with van der Waals surface area (Å²) >= 11 is 0. The first kappa shape index (κ1) is 21.3. The second-order valence-electron chi connectivity index (χ2n) is 4.41. The molecule has 0 aliphatic rings. The molecule has 1 rings (SSSR count). The van der Waals surface area contributed by atoms with E-state index >= 15 is 0 Å². The van der Waals surface area contributed by atoms with E-state index in [1.54, 1.807) is 0 Å². The Kier molecular flexibility index (Phi) is 12.0. The molecule has 0 spiro atoms. The molecule has 0 heterocycles. The Labute approximate surface area is 131 Å². The first-order valence-corrected chi connectivity index (χ1v) is 7.57. The highest BCUT2D eigenvalue weighted by Gasteiger charge is 2.01. The normalized spacial score (nSPS) is 10.8. The molecular formula is C19H32N2. The van der Waals surface area contributed by atoms with E-state index in [2.05, 4.69) is 6.58 Å². The van der Waals surface area contributed by atoms with Gasteiger partial charge in [-0.1, -0.05) is 58.1 Å². The summed E-state index contributed by atoms with van der Waals surface area (Å²) in [4.78, 5) is 0. The van der Waals surface area contributed by atoms with E-state index in [1.165, 1.54) is 0 Å². The number of allylic oxidation sites excluding steroid dienone is 5. The van der Waals surface area contributed by atoms with E-state index in [0.717, 1.165) is 33.7 Å². The van der Waals surface area contributed by atoms with Crippen LogP contribution in [0.5, 0.6) is 0 Å². The summed E-state index contributed by atoms with van der Waals surface area (Å²) in [5.74, 6) is 0. The molecule has 0 amide bonds. The standard InChI is InChI=1S/C15H20N2.2C2H6/c1-10(2)7-14(8-12(4)16)13-6-5-11(3)15(17)9-13;2*1-2/h5-9H,1,16-17H2,2-4H3;2*1-2H3/b12-8+,14-7+;;. The molecule has 0 saturated heterocycles. The fourth-order valence-electron chi connectivity index (χ4n) is 1.54. The zero-order valence-electron chi connectivity index (χ0n) is 14.7. The van der Waals surface area contributed by atoms with Gasteiger partial charge in [0.1, 0.15) is 0 Å². The number of rotatable bonds is 3. The van der Waals surface area contributed by atoms with Crippen molar-refractivity contribution in [2.75, 3.05) is 5.73 Å². The molecule has 1 aromatic rings. The summed E-state index contributed by atoms with van der Waals surface area (Å²) in [7, 11) is 0. The van der Waals surface area contributed by atoms with E-state index < -0.39 is 0 Å². The zero-order valence-corrected chi connectivity index (χ0v) is 14.7. The van der Waals surface area contributed by atoms with Gasteiger partial charge in [-0.3, -0.25) is 0 Å². The maximum atomic E-state index is 5.92. The van der Waals surface area contributed by atoms with Crippen LogP contribution in [0.3, 0.4) is 0 Å². The lowest BCUT2D eigenvalue weighted by Crippen LogP contribution is -1.94. The molecule has 0 bridgehead atoms. The van der Waals surface area contributed by atoms with Crippen LogP contribution < -0.4 is 11.5 Å². The van der Waals surface area contributed by atoms with E-state index in [9.17, 15) is 0 Å². The van der Waals surface area contributed by atoms with Gasteiger partial charge in [0, 0.05) is 11.4 Å². The fraction of sp³-hybridized carbons (Fsp3) is 0.368. The molecule has 0 aliphatic heterocycles. The summed E-state index contributed by atoms with van der Waals surface area (Å²) < 4.78 is 0. The lowest BCUT2D eigenvalue weighted by atomic mass is 10.0. The van der Waals surface area contributed by atoms with Crippen LogP contribution in [0, 0.1) is 6.92 Å². The van der Waals surface area contributed by atoms with Gasteiger partial charge in [0.2, 0.25) is 0 Å². The smallest absolute Gasteiger partial charge is 0.0349 e. The highest BCUT2D eigenvalue weighted by Crippen LogP contribution is 2.22. The third-order valence-electron chi connectivity index (χ3n) is 2.40. The number of benzene rings is 1. The molecule has 0 atom stereocenters. The Bertz CT molecular complexity index is 490. The molecule has 0 fully saturated rings. The van der Waals surface area contributed by atoms with Crippen LogP contribution in [0.15, 0.2) is 48.2 Å². The van der Waals surface area contributed by atoms with Crippen molar-refractivity contribution in [3.05, 3.63) is 59.3 Å². The minimum absolute atomic E-state index is 0.761. The molecule has 0 radical (unpaired) electrons. The van der Waals surface area contributed by atoms with Crippen LogP contribution in [0.1, 0.15) is 52.7 Å². The van der Waals surface area contributed by atoms with Crippen LogP contribution in [-0.4, -0.2) is 0 Å². The average Bonchev–Trinajstić information content (AvgIpc) is 2.44. The SMILES string of the molecule is C=C(C)/C=C(\C=C(/C)N)c1ccc(C)c(N)c1.CC.CC. The van der Waals surface area contributed by atoms with Crippen molar-refractivity contribution >= 4 is 11.3 Å². The molecule has 118 valence electrons. The maximum absolute atomic E-state index is 5.92. The molecule has 0 aromatic heterocycles. The van der Waals surface area contributed by atoms with Crippen molar-refractivity contribution in [3.63, 3.8) is 0 Å². The second kappa shape index (κ2) is 11.8. The van der Waals surface area contributed by atoms with Crippen molar-refractivity contribution in [2.24, 2.45) is 5.73 Å². The molecule has 21 heavy (non-hydrogen) atoms. The van der Waals surface area contributed by atoms with Gasteiger partial charge in [0.05, 0.1) is 0 Å². The molecule has 0 aliphatic carbocycles. The van der Waals surface area contributed by atoms with Crippen molar-refractivity contribution in [1.82, 2.24) is 0 Å². The first-order valence-electron chi connectivity index (χ1n) is 7.57. The van der Waals surface area contributed by atoms with Crippen molar-refractivity contribution < 1.29 is 0 Å². The predicted molar refractivity (Wildman–Crippen MR) is 99.0 cm³/mol. The fourth-order valence-corrected chi connectivity index (χ4v) is 1.54. The zero-order chi connectivity index (χ0) is 17.0. The lowest BCUT2D eigenvalue weighted by Gasteiger charge is -2.07. The van der Waals surface area contributed by atoms with Crippen LogP contribution >= 0.6 is 0 Å². The van der Waals surface area contributed by atoms with Gasteiger partial charge in [-0.25, -0.2) is 0 Å². The van der Waals surface area contributed by atoms with Crippen molar-refractivity contribution in [2.45, 2.75) is 48.5 Å². The predicted octanol–water partition coefficient (Wildman–Crippen LogP) is 5.45. The summed E-state index contributed by atoms with van der Waals surface area (Å²) in [5, 5.41) is 0. The van der Waals surface area contributed by atoms with Crippen molar-refractivity contribution in [1.29, 1.82) is 0 Å². The molecule has 4 N–H and O–H groups in total. The molecule has 0 saturated carbocycles. The Hall–Kier alpha value is -1.96. The maximum Gasteiger partial charge on any atom is 0.0349 e. The van der Waals surface area contributed by atoms with Crippen LogP contribution in [0.4, 0.5) is 5.69 Å². The average molecular weight is 288 g/mol. The molecule has 2 heteroatoms. The first-order chi connectivity index (χ1) is 9.90. The topological polar surface area (TPSA) is 52.0 Å². The third-order valence-corrected chi connectivity index (χ3v) is 2.40. The van der Waals surface area contributed by atoms with Crippen LogP contribution in [0.25, 0.3) is 5.57 Å². The summed E-state index contributed by atoms with van der Waals surface area (Å²) in [6, 6.07) is 6.01. The summed E-state index contributed by atoms with van der Waals surface area (Å²) in [6.45, 7) is 17.7. The van der Waals surface area contributed by atoms with Crippen molar-refractivity contribution in [3.8, 4) is 0 Å². The number of hydrogen-bond acceptors (Lipinski definition) is 2. The second-order valence-corrected chi connectivity index (χ2v) is 4.41. The van der Waals surface area contributed by atoms with E-state index in [0.29, 0.717) is 0 Å². The Morgan fingerprint density at radius 3 is 1.95 bits per heavy atom. The minimum atomic E-state index is 0.761. The van der Waals surface area contributed by atoms with E-state index in [4.69, 9.17) is 11.5 Å².